The number of hydrogen-bond acceptors (Lipinski definition) is 8. The number of aromatic hydroxyl groups is 1. The maximum Gasteiger partial charge on any atom is 0.340 e. The molecule has 8 aliphatic rings. The molecule has 3 aromatic carbocycles. The molecule has 3 fully saturated rings. The molecule has 0 radical (unpaired) electrons. The Morgan fingerprint density at radius 2 is 1.77 bits per heavy atom. The fourth-order valence-corrected chi connectivity index (χ4v) is 13.1. The van der Waals surface area contributed by atoms with E-state index >= 15 is 4.79 Å². The molecule has 0 aromatic heterocycles. The zero-order valence-electron chi connectivity index (χ0n) is 35.3. The van der Waals surface area contributed by atoms with Crippen molar-refractivity contribution in [3.05, 3.63) is 130 Å². The summed E-state index contributed by atoms with van der Waals surface area (Å²) in [7, 11) is 4.06. The van der Waals surface area contributed by atoms with Crippen LogP contribution in [0.4, 0.5) is 0 Å². The summed E-state index contributed by atoms with van der Waals surface area (Å²) in [6, 6.07) is 25.0. The molecular weight excluding hydrogens is 747 g/mol. The second kappa shape index (κ2) is 15.6. The van der Waals surface area contributed by atoms with Gasteiger partial charge in [-0.25, -0.2) is 9.59 Å². The van der Waals surface area contributed by atoms with Gasteiger partial charge in [0.1, 0.15) is 17.3 Å². The predicted molar refractivity (Wildman–Crippen MR) is 234 cm³/mol. The van der Waals surface area contributed by atoms with Crippen LogP contribution in [-0.4, -0.2) is 43.9 Å². The fourth-order valence-electron chi connectivity index (χ4n) is 13.1. The Kier molecular flexibility index (Phi) is 10.2. The van der Waals surface area contributed by atoms with Crippen LogP contribution >= 0.6 is 0 Å². The molecule has 3 aliphatic heterocycles. The van der Waals surface area contributed by atoms with Gasteiger partial charge in [-0.2, -0.15) is 0 Å². The molecule has 3 heterocycles. The second-order valence-corrected chi connectivity index (χ2v) is 18.6. The quantitative estimate of drug-likeness (QED) is 0.159. The van der Waals surface area contributed by atoms with E-state index in [0.717, 1.165) is 116 Å². The SMILES string of the molecule is CC[C@H](/C=C1\OC(=O)C2=C3c4cc(O)ccc4-c4cccc(c4)[C@@H](NC)CC[C@@]45CCC6=C(C(=O)OC6=CCC[C@@H]6CCN[C@@H](NC)C6)[C@@H]4[C@]21CC[C@@H]35)Cc1ccccc1. The van der Waals surface area contributed by atoms with E-state index in [1.165, 1.54) is 11.1 Å². The van der Waals surface area contributed by atoms with E-state index in [4.69, 9.17) is 9.47 Å². The topological polar surface area (TPSA) is 109 Å². The first kappa shape index (κ1) is 39.4. The van der Waals surface area contributed by atoms with Crippen LogP contribution in [0.25, 0.3) is 16.7 Å². The van der Waals surface area contributed by atoms with Crippen molar-refractivity contribution in [3.8, 4) is 16.9 Å². The van der Waals surface area contributed by atoms with Crippen LogP contribution in [0.5, 0.6) is 5.75 Å². The van der Waals surface area contributed by atoms with E-state index in [2.05, 4.69) is 83.6 Å². The Balaban J connectivity index is 1.18. The summed E-state index contributed by atoms with van der Waals surface area (Å²) in [5, 5.41) is 21.9. The third-order valence-electron chi connectivity index (χ3n) is 15.8. The fraction of sp³-hybridized carbons (Fsp3) is 0.462. The van der Waals surface area contributed by atoms with Crippen molar-refractivity contribution in [2.24, 2.45) is 34.5 Å². The number of phenolic OH excluding ortho intramolecular Hbond substituents is 1. The van der Waals surface area contributed by atoms with Gasteiger partial charge in [0.05, 0.1) is 17.2 Å². The molecule has 60 heavy (non-hydrogen) atoms. The molecule has 6 bridgehead atoms. The minimum atomic E-state index is -0.859. The lowest BCUT2D eigenvalue weighted by Crippen LogP contribution is -2.59. The highest BCUT2D eigenvalue weighted by molar-refractivity contribution is 6.08. The van der Waals surface area contributed by atoms with Gasteiger partial charge < -0.3 is 30.5 Å². The van der Waals surface area contributed by atoms with Crippen LogP contribution in [-0.2, 0) is 25.5 Å². The summed E-state index contributed by atoms with van der Waals surface area (Å²) in [6.07, 6.45) is 15.5. The van der Waals surface area contributed by atoms with Crippen molar-refractivity contribution in [1.29, 1.82) is 0 Å². The Bertz CT molecular complexity index is 2340. The molecule has 2 saturated heterocycles. The number of cyclic esters (lactones) is 2. The highest BCUT2D eigenvalue weighted by Crippen LogP contribution is 2.77. The van der Waals surface area contributed by atoms with Gasteiger partial charge in [-0.3, -0.25) is 0 Å². The summed E-state index contributed by atoms with van der Waals surface area (Å²) in [6.45, 7) is 3.21. The molecule has 0 unspecified atom stereocenters. The first-order valence-corrected chi connectivity index (χ1v) is 22.7. The van der Waals surface area contributed by atoms with Crippen molar-refractivity contribution in [1.82, 2.24) is 16.0 Å². The van der Waals surface area contributed by atoms with E-state index in [1.54, 1.807) is 6.07 Å². The Hall–Kier alpha value is -4.76. The zero-order chi connectivity index (χ0) is 41.2. The monoisotopic (exact) mass is 805 g/mol. The Morgan fingerprint density at radius 3 is 2.58 bits per heavy atom. The molecule has 1 saturated carbocycles. The number of esters is 2. The Morgan fingerprint density at radius 1 is 0.900 bits per heavy atom. The van der Waals surface area contributed by atoms with Crippen LogP contribution in [0.3, 0.4) is 0 Å². The van der Waals surface area contributed by atoms with Crippen molar-refractivity contribution in [2.75, 3.05) is 20.6 Å². The molecular formula is C52H59N3O5. The second-order valence-electron chi connectivity index (χ2n) is 18.6. The largest absolute Gasteiger partial charge is 0.508 e. The number of carbonyl (C=O) groups is 2. The molecule has 11 rings (SSSR count). The van der Waals surface area contributed by atoms with Gasteiger partial charge in [-0.1, -0.05) is 61.5 Å². The normalized spacial score (nSPS) is 32.2. The molecule has 312 valence electrons. The molecule has 8 nitrogen and oxygen atoms in total. The van der Waals surface area contributed by atoms with Crippen LogP contribution < -0.4 is 16.0 Å². The average molecular weight is 806 g/mol. The van der Waals surface area contributed by atoms with Gasteiger partial charge in [-0.15, -0.1) is 0 Å². The number of fused-ring (bicyclic) bond motifs is 5. The predicted octanol–water partition coefficient (Wildman–Crippen LogP) is 9.45. The zero-order valence-corrected chi connectivity index (χ0v) is 35.3. The molecule has 8 heteroatoms. The summed E-state index contributed by atoms with van der Waals surface area (Å²) in [4.78, 5) is 29.8. The van der Waals surface area contributed by atoms with Crippen molar-refractivity contribution < 1.29 is 24.2 Å². The maximum absolute atomic E-state index is 15.0. The van der Waals surface area contributed by atoms with Gasteiger partial charge in [0.15, 0.2) is 0 Å². The number of ether oxygens (including phenoxy) is 2. The van der Waals surface area contributed by atoms with Crippen molar-refractivity contribution in [3.63, 3.8) is 0 Å². The number of carbonyl (C=O) groups excluding carboxylic acids is 2. The number of nitrogens with one attached hydrogen (secondary N) is 3. The van der Waals surface area contributed by atoms with E-state index in [9.17, 15) is 9.90 Å². The number of hydrogen-bond donors (Lipinski definition) is 4. The highest BCUT2D eigenvalue weighted by atomic mass is 16.5. The van der Waals surface area contributed by atoms with Crippen LogP contribution in [0.2, 0.25) is 0 Å². The lowest BCUT2D eigenvalue weighted by atomic mass is 9.37. The van der Waals surface area contributed by atoms with Crippen LogP contribution in [0, 0.1) is 34.5 Å². The van der Waals surface area contributed by atoms with Crippen LogP contribution in [0.1, 0.15) is 100 Å². The first-order valence-electron chi connectivity index (χ1n) is 22.7. The van der Waals surface area contributed by atoms with Gasteiger partial charge in [-0.05, 0) is 185 Å². The van der Waals surface area contributed by atoms with Crippen LogP contribution in [0.15, 0.2) is 113 Å². The number of rotatable bonds is 9. The van der Waals surface area contributed by atoms with E-state index in [1.807, 2.05) is 32.3 Å². The van der Waals surface area contributed by atoms with E-state index in [-0.39, 0.29) is 46.9 Å². The summed E-state index contributed by atoms with van der Waals surface area (Å²) in [5.41, 5.74) is 7.70. The average Bonchev–Trinajstić information content (AvgIpc) is 3.75. The Labute approximate surface area is 354 Å². The number of phenols is 1. The highest BCUT2D eigenvalue weighted by Gasteiger charge is 2.73. The summed E-state index contributed by atoms with van der Waals surface area (Å²) < 4.78 is 13.1. The van der Waals surface area contributed by atoms with E-state index in [0.29, 0.717) is 29.8 Å². The summed E-state index contributed by atoms with van der Waals surface area (Å²) >= 11 is 0. The first-order chi connectivity index (χ1) is 29.3. The number of benzene rings is 3. The van der Waals surface area contributed by atoms with Crippen molar-refractivity contribution in [2.45, 2.75) is 96.2 Å². The summed E-state index contributed by atoms with van der Waals surface area (Å²) in [5.74, 6) is 1.46. The molecule has 4 N–H and O–H groups in total. The van der Waals surface area contributed by atoms with Gasteiger partial charge >= 0.3 is 11.9 Å². The third kappa shape index (κ3) is 6.27. The maximum atomic E-state index is 15.0. The molecule has 3 aromatic rings. The smallest absolute Gasteiger partial charge is 0.340 e. The molecule has 2 spiro atoms. The standard InChI is InChI=1S/C52H59N3O5/c1-4-31(26-32-10-6-5-7-11-32)27-43-52-24-19-40-45(47(52)50(58)60-43)39-30-36(56)16-17-37(39)34-13-9-14-35(29-34)41(53-2)20-23-51(40)22-18-38-42(59-49(57)46(38)48(51)52)15-8-12-33-21-25-55-44(28-33)54-3/h5-7,9-11,13-17,27,29-31,33,40-41,44,48,53-56H,4,8,12,18-26,28H2,1-3H3/b42-15?,43-27-/t31-,33+,40-,41-,44+,48-,51+,52-/m0/s1. The van der Waals surface area contributed by atoms with Gasteiger partial charge in [0.2, 0.25) is 0 Å². The third-order valence-corrected chi connectivity index (χ3v) is 15.8. The minimum absolute atomic E-state index is 0.0259. The lowest BCUT2D eigenvalue weighted by molar-refractivity contribution is -0.136. The molecule has 5 aliphatic carbocycles. The number of allylic oxidation sites excluding steroid dienone is 5. The van der Waals surface area contributed by atoms with E-state index < -0.39 is 5.41 Å². The minimum Gasteiger partial charge on any atom is -0.508 e. The molecule has 8 atom stereocenters. The number of piperidine rings is 1. The lowest BCUT2D eigenvalue weighted by Gasteiger charge is -2.63. The van der Waals surface area contributed by atoms with Gasteiger partial charge in [0, 0.05) is 23.1 Å². The van der Waals surface area contributed by atoms with Gasteiger partial charge in [0.25, 0.3) is 0 Å². The molecule has 0 amide bonds. The van der Waals surface area contributed by atoms with Crippen molar-refractivity contribution >= 4 is 17.5 Å².